The van der Waals surface area contributed by atoms with Gasteiger partial charge in [0.2, 0.25) is 10.0 Å². The lowest BCUT2D eigenvalue weighted by molar-refractivity contribution is -0.137. The lowest BCUT2D eigenvalue weighted by atomic mass is 10.1. The smallest absolute Gasteiger partial charge is 0.316 e. The van der Waals surface area contributed by atoms with Gasteiger partial charge in [0.05, 0.1) is 10.5 Å². The van der Waals surface area contributed by atoms with Crippen molar-refractivity contribution in [3.8, 4) is 0 Å². The maximum absolute atomic E-state index is 12.4. The molecule has 1 aliphatic heterocycles. The summed E-state index contributed by atoms with van der Waals surface area (Å²) in [5.41, 5.74) is -0.864. The molecule has 0 spiro atoms. The van der Waals surface area contributed by atoms with Crippen LogP contribution in [0.5, 0.6) is 0 Å². The molecule has 0 bridgehead atoms. The first-order valence-electron chi connectivity index (χ1n) is 6.17. The lowest BCUT2D eigenvalue weighted by Gasteiger charge is -2.12. The number of hydrogen-bond acceptors (Lipinski definition) is 3. The average molecular weight is 308 g/mol. The van der Waals surface area contributed by atoms with Crippen LogP contribution >= 0.6 is 0 Å². The van der Waals surface area contributed by atoms with Crippen molar-refractivity contribution in [1.82, 2.24) is 10.0 Å². The summed E-state index contributed by atoms with van der Waals surface area (Å²) < 4.78 is 63.5. The fourth-order valence-electron chi connectivity index (χ4n) is 2.02. The molecule has 4 nitrogen and oxygen atoms in total. The number of hydrogen-bond donors (Lipinski definition) is 2. The summed E-state index contributed by atoms with van der Waals surface area (Å²) in [6.07, 6.45) is -3.58. The second-order valence-corrected chi connectivity index (χ2v) is 6.50. The van der Waals surface area contributed by atoms with Gasteiger partial charge in [-0.1, -0.05) is 0 Å². The van der Waals surface area contributed by atoms with Gasteiger partial charge in [-0.2, -0.15) is 13.2 Å². The van der Waals surface area contributed by atoms with Crippen LogP contribution < -0.4 is 10.0 Å². The minimum absolute atomic E-state index is 0.156. The maximum Gasteiger partial charge on any atom is 0.416 e. The number of alkyl halides is 3. The van der Waals surface area contributed by atoms with Crippen LogP contribution in [0.1, 0.15) is 12.0 Å². The highest BCUT2D eigenvalue weighted by Gasteiger charge is 2.30. The molecule has 2 rings (SSSR count). The minimum Gasteiger partial charge on any atom is -0.316 e. The van der Waals surface area contributed by atoms with E-state index >= 15 is 0 Å². The first-order chi connectivity index (χ1) is 9.29. The molecule has 20 heavy (non-hydrogen) atoms. The predicted octanol–water partition coefficient (Wildman–Crippen LogP) is 1.59. The summed E-state index contributed by atoms with van der Waals surface area (Å²) in [6, 6.07) is 3.48. The van der Waals surface area contributed by atoms with E-state index in [2.05, 4.69) is 10.0 Å². The fraction of sp³-hybridized carbons (Fsp3) is 0.500. The zero-order valence-corrected chi connectivity index (χ0v) is 11.4. The van der Waals surface area contributed by atoms with Crippen LogP contribution in [0.3, 0.4) is 0 Å². The number of halogens is 3. The third-order valence-corrected chi connectivity index (χ3v) is 4.66. The molecule has 0 aromatic heterocycles. The van der Waals surface area contributed by atoms with Crippen LogP contribution in [-0.2, 0) is 16.2 Å². The zero-order chi connectivity index (χ0) is 14.8. The Kier molecular flexibility index (Phi) is 4.36. The average Bonchev–Trinajstić information content (AvgIpc) is 2.89. The molecule has 1 fully saturated rings. The summed E-state index contributed by atoms with van der Waals surface area (Å²) in [6.45, 7) is 1.89. The second-order valence-electron chi connectivity index (χ2n) is 4.73. The summed E-state index contributed by atoms with van der Waals surface area (Å²) in [7, 11) is -3.76. The van der Waals surface area contributed by atoms with Crippen molar-refractivity contribution in [3.05, 3.63) is 29.8 Å². The molecular weight excluding hydrogens is 293 g/mol. The van der Waals surface area contributed by atoms with Crippen molar-refractivity contribution in [2.75, 3.05) is 19.6 Å². The van der Waals surface area contributed by atoms with Gasteiger partial charge in [0.1, 0.15) is 0 Å². The molecule has 8 heteroatoms. The molecule has 0 aliphatic carbocycles. The summed E-state index contributed by atoms with van der Waals surface area (Å²) in [4.78, 5) is -0.156. The molecule has 0 unspecified atom stereocenters. The Balaban J connectivity index is 2.05. The first-order valence-corrected chi connectivity index (χ1v) is 7.65. The van der Waals surface area contributed by atoms with E-state index < -0.39 is 21.8 Å². The van der Waals surface area contributed by atoms with Gasteiger partial charge < -0.3 is 5.32 Å². The third kappa shape index (κ3) is 3.71. The van der Waals surface area contributed by atoms with Gasteiger partial charge in [0.25, 0.3) is 0 Å². The Labute approximate surface area is 115 Å². The van der Waals surface area contributed by atoms with E-state index in [1.165, 1.54) is 0 Å². The minimum atomic E-state index is -4.47. The molecule has 1 aromatic rings. The number of nitrogens with one attached hydrogen (secondary N) is 2. The van der Waals surface area contributed by atoms with Gasteiger partial charge in [-0.15, -0.1) is 0 Å². The molecule has 112 valence electrons. The van der Waals surface area contributed by atoms with Crippen molar-refractivity contribution in [1.29, 1.82) is 0 Å². The summed E-state index contributed by atoms with van der Waals surface area (Å²) >= 11 is 0. The molecule has 0 saturated carbocycles. The summed E-state index contributed by atoms with van der Waals surface area (Å²) in [5, 5.41) is 3.11. The number of benzene rings is 1. The maximum atomic E-state index is 12.4. The van der Waals surface area contributed by atoms with Gasteiger partial charge in [-0.25, -0.2) is 13.1 Å². The van der Waals surface area contributed by atoms with Crippen LogP contribution in [0.4, 0.5) is 13.2 Å². The van der Waals surface area contributed by atoms with Crippen molar-refractivity contribution >= 4 is 10.0 Å². The van der Waals surface area contributed by atoms with E-state index in [0.29, 0.717) is 0 Å². The standard InChI is InChI=1S/C12H15F3N2O2S/c13-12(14,15)10-1-3-11(4-2-10)20(18,19)17-8-9-5-6-16-7-9/h1-4,9,16-17H,5-8H2/t9-/m0/s1. The fourth-order valence-corrected chi connectivity index (χ4v) is 3.14. The Morgan fingerprint density at radius 2 is 1.90 bits per heavy atom. The van der Waals surface area contributed by atoms with Crippen molar-refractivity contribution in [2.45, 2.75) is 17.5 Å². The van der Waals surface area contributed by atoms with Gasteiger partial charge in [0.15, 0.2) is 0 Å². The molecule has 2 N–H and O–H groups in total. The van der Waals surface area contributed by atoms with E-state index in [9.17, 15) is 21.6 Å². The van der Waals surface area contributed by atoms with Crippen LogP contribution in [0.15, 0.2) is 29.2 Å². The topological polar surface area (TPSA) is 58.2 Å². The van der Waals surface area contributed by atoms with Crippen LogP contribution in [0.25, 0.3) is 0 Å². The molecule has 1 aromatic carbocycles. The zero-order valence-electron chi connectivity index (χ0n) is 10.6. The Hall–Kier alpha value is -1.12. The summed E-state index contributed by atoms with van der Waals surface area (Å²) in [5.74, 6) is 0.222. The normalized spacial score (nSPS) is 20.2. The van der Waals surface area contributed by atoms with Crippen LogP contribution in [-0.4, -0.2) is 28.1 Å². The van der Waals surface area contributed by atoms with Gasteiger partial charge in [0, 0.05) is 6.54 Å². The molecule has 0 amide bonds. The number of rotatable bonds is 4. The number of sulfonamides is 1. The Morgan fingerprint density at radius 3 is 2.40 bits per heavy atom. The molecular formula is C12H15F3N2O2S. The van der Waals surface area contributed by atoms with Gasteiger partial charge >= 0.3 is 6.18 Å². The largest absolute Gasteiger partial charge is 0.416 e. The van der Waals surface area contributed by atoms with Crippen molar-refractivity contribution in [3.63, 3.8) is 0 Å². The first kappa shape index (κ1) is 15.3. The predicted molar refractivity (Wildman–Crippen MR) is 67.6 cm³/mol. The SMILES string of the molecule is O=S(=O)(NC[C@H]1CCNC1)c1ccc(C(F)(F)F)cc1. The highest BCUT2D eigenvalue weighted by atomic mass is 32.2. The highest BCUT2D eigenvalue weighted by Crippen LogP contribution is 2.29. The van der Waals surface area contributed by atoms with E-state index in [1.54, 1.807) is 0 Å². The molecule has 1 saturated heterocycles. The Morgan fingerprint density at radius 1 is 1.25 bits per heavy atom. The van der Waals surface area contributed by atoms with E-state index in [4.69, 9.17) is 0 Å². The highest BCUT2D eigenvalue weighted by molar-refractivity contribution is 7.89. The van der Waals surface area contributed by atoms with Gasteiger partial charge in [-0.3, -0.25) is 0 Å². The molecule has 1 atom stereocenters. The Bertz CT molecular complexity index is 549. The molecule has 1 aliphatic rings. The van der Waals surface area contributed by atoms with E-state index in [0.717, 1.165) is 43.8 Å². The lowest BCUT2D eigenvalue weighted by Crippen LogP contribution is -2.30. The second kappa shape index (κ2) is 5.71. The quantitative estimate of drug-likeness (QED) is 0.888. The van der Waals surface area contributed by atoms with E-state index in [1.807, 2.05) is 0 Å². The van der Waals surface area contributed by atoms with Gasteiger partial charge in [-0.05, 0) is 49.7 Å². The van der Waals surface area contributed by atoms with Crippen LogP contribution in [0, 0.1) is 5.92 Å². The molecule has 0 radical (unpaired) electrons. The molecule has 1 heterocycles. The van der Waals surface area contributed by atoms with Crippen molar-refractivity contribution < 1.29 is 21.6 Å². The van der Waals surface area contributed by atoms with Crippen molar-refractivity contribution in [2.24, 2.45) is 5.92 Å². The van der Waals surface area contributed by atoms with E-state index in [-0.39, 0.29) is 17.4 Å². The third-order valence-electron chi connectivity index (χ3n) is 3.22. The van der Waals surface area contributed by atoms with Crippen LogP contribution in [0.2, 0.25) is 0 Å². The monoisotopic (exact) mass is 308 g/mol.